The van der Waals surface area contributed by atoms with Crippen LogP contribution in [0.15, 0.2) is 48.5 Å². The maximum atomic E-state index is 12.8. The summed E-state index contributed by atoms with van der Waals surface area (Å²) >= 11 is 0. The fourth-order valence-corrected chi connectivity index (χ4v) is 2.22. The largest absolute Gasteiger partial charge is 0.496 e. The summed E-state index contributed by atoms with van der Waals surface area (Å²) in [6.45, 7) is 1.53. The molecular weight excluding hydrogens is 339 g/mol. The smallest absolute Gasteiger partial charge is 0.279 e. The highest BCUT2D eigenvalue weighted by Crippen LogP contribution is 2.18. The van der Waals surface area contributed by atoms with Crippen molar-refractivity contribution >= 4 is 11.8 Å². The fourth-order valence-electron chi connectivity index (χ4n) is 2.22. The van der Waals surface area contributed by atoms with E-state index in [1.807, 2.05) is 24.3 Å². The molecule has 2 aromatic carbocycles. The van der Waals surface area contributed by atoms with Crippen LogP contribution in [0, 0.1) is 5.82 Å². The third-order valence-electron chi connectivity index (χ3n) is 3.63. The number of aryl methyl sites for hydroxylation is 1. The van der Waals surface area contributed by atoms with Crippen molar-refractivity contribution in [1.82, 2.24) is 10.9 Å². The number of amides is 2. The predicted molar refractivity (Wildman–Crippen MR) is 94.1 cm³/mol. The van der Waals surface area contributed by atoms with Crippen molar-refractivity contribution in [2.24, 2.45) is 0 Å². The zero-order chi connectivity index (χ0) is 18.9. The Morgan fingerprint density at radius 3 is 2.46 bits per heavy atom. The van der Waals surface area contributed by atoms with Gasteiger partial charge in [0.1, 0.15) is 17.3 Å². The van der Waals surface area contributed by atoms with E-state index in [1.165, 1.54) is 31.2 Å². The Morgan fingerprint density at radius 1 is 1.08 bits per heavy atom. The average Bonchev–Trinajstić information content (AvgIpc) is 2.66. The van der Waals surface area contributed by atoms with Crippen molar-refractivity contribution in [2.75, 3.05) is 7.11 Å². The van der Waals surface area contributed by atoms with Gasteiger partial charge in [-0.25, -0.2) is 4.39 Å². The lowest BCUT2D eigenvalue weighted by Crippen LogP contribution is -2.47. The van der Waals surface area contributed by atoms with Gasteiger partial charge in [-0.2, -0.15) is 0 Å². The molecule has 0 saturated heterocycles. The molecule has 2 amide bonds. The predicted octanol–water partition coefficient (Wildman–Crippen LogP) is 2.38. The normalized spacial score (nSPS) is 11.3. The Hall–Kier alpha value is -3.09. The van der Waals surface area contributed by atoms with Crippen LogP contribution in [0.2, 0.25) is 0 Å². The molecule has 1 atom stereocenters. The molecule has 2 N–H and O–H groups in total. The quantitative estimate of drug-likeness (QED) is 0.744. The van der Waals surface area contributed by atoms with Crippen LogP contribution in [0.3, 0.4) is 0 Å². The SMILES string of the molecule is COc1ccccc1CCC(=O)NNC(=O)[C@H](C)Oc1ccc(F)cc1. The van der Waals surface area contributed by atoms with Gasteiger partial charge in [-0.3, -0.25) is 20.4 Å². The van der Waals surface area contributed by atoms with Gasteiger partial charge in [0, 0.05) is 6.42 Å². The number of para-hydroxylation sites is 1. The zero-order valence-electron chi connectivity index (χ0n) is 14.6. The summed E-state index contributed by atoms with van der Waals surface area (Å²) in [5, 5.41) is 0. The number of methoxy groups -OCH3 is 1. The Kier molecular flexibility index (Phi) is 6.96. The summed E-state index contributed by atoms with van der Waals surface area (Å²) in [4.78, 5) is 23.8. The van der Waals surface area contributed by atoms with Crippen LogP contribution in [-0.4, -0.2) is 25.0 Å². The van der Waals surface area contributed by atoms with Crippen LogP contribution < -0.4 is 20.3 Å². The van der Waals surface area contributed by atoms with Gasteiger partial charge in [0.05, 0.1) is 7.11 Å². The van der Waals surface area contributed by atoms with E-state index in [2.05, 4.69) is 10.9 Å². The molecule has 2 rings (SSSR count). The second-order valence-electron chi connectivity index (χ2n) is 5.56. The van der Waals surface area contributed by atoms with Crippen molar-refractivity contribution in [1.29, 1.82) is 0 Å². The number of halogens is 1. The highest BCUT2D eigenvalue weighted by Gasteiger charge is 2.15. The summed E-state index contributed by atoms with van der Waals surface area (Å²) in [6.07, 6.45) is -0.184. The van der Waals surface area contributed by atoms with E-state index in [0.717, 1.165) is 5.56 Å². The van der Waals surface area contributed by atoms with Crippen molar-refractivity contribution < 1.29 is 23.5 Å². The monoisotopic (exact) mass is 360 g/mol. The number of benzene rings is 2. The molecule has 0 bridgehead atoms. The summed E-state index contributed by atoms with van der Waals surface area (Å²) in [6, 6.07) is 12.7. The standard InChI is InChI=1S/C19H21FN2O4/c1-13(26-16-10-8-15(20)9-11-16)19(24)22-21-18(23)12-7-14-5-3-4-6-17(14)25-2/h3-6,8-11,13H,7,12H2,1-2H3,(H,21,23)(H,22,24)/t13-/m0/s1. The molecule has 7 heteroatoms. The van der Waals surface area contributed by atoms with E-state index in [0.29, 0.717) is 17.9 Å². The van der Waals surface area contributed by atoms with Gasteiger partial charge in [-0.1, -0.05) is 18.2 Å². The van der Waals surface area contributed by atoms with E-state index >= 15 is 0 Å². The molecule has 0 radical (unpaired) electrons. The molecule has 0 aliphatic heterocycles. The number of hydrazine groups is 1. The molecule has 0 aliphatic rings. The lowest BCUT2D eigenvalue weighted by atomic mass is 10.1. The molecule has 0 aromatic heterocycles. The van der Waals surface area contributed by atoms with E-state index in [4.69, 9.17) is 9.47 Å². The lowest BCUT2D eigenvalue weighted by molar-refractivity contribution is -0.132. The third-order valence-corrected chi connectivity index (χ3v) is 3.63. The highest BCUT2D eigenvalue weighted by molar-refractivity contribution is 5.84. The molecule has 2 aromatic rings. The Bertz CT molecular complexity index is 749. The number of hydrogen-bond donors (Lipinski definition) is 2. The molecule has 0 unspecified atom stereocenters. The number of carbonyl (C=O) groups is 2. The van der Waals surface area contributed by atoms with Crippen molar-refractivity contribution in [3.8, 4) is 11.5 Å². The molecule has 0 heterocycles. The summed E-state index contributed by atoms with van der Waals surface area (Å²) < 4.78 is 23.5. The molecule has 0 saturated carbocycles. The van der Waals surface area contributed by atoms with Gasteiger partial charge in [-0.05, 0) is 49.2 Å². The van der Waals surface area contributed by atoms with Crippen LogP contribution in [0.4, 0.5) is 4.39 Å². The van der Waals surface area contributed by atoms with Gasteiger partial charge in [0.15, 0.2) is 6.10 Å². The molecule has 0 spiro atoms. The summed E-state index contributed by atoms with van der Waals surface area (Å²) in [7, 11) is 1.57. The second kappa shape index (κ2) is 9.41. The minimum atomic E-state index is -0.852. The van der Waals surface area contributed by atoms with Gasteiger partial charge >= 0.3 is 0 Å². The van der Waals surface area contributed by atoms with E-state index in [-0.39, 0.29) is 12.3 Å². The van der Waals surface area contributed by atoms with Crippen LogP contribution in [0.1, 0.15) is 18.9 Å². The maximum Gasteiger partial charge on any atom is 0.279 e. The van der Waals surface area contributed by atoms with Crippen molar-refractivity contribution in [3.05, 3.63) is 59.9 Å². The Labute approximate surface area is 151 Å². The number of hydrogen-bond acceptors (Lipinski definition) is 4. The summed E-state index contributed by atoms with van der Waals surface area (Å²) in [5.74, 6) is -0.169. The van der Waals surface area contributed by atoms with Gasteiger partial charge < -0.3 is 9.47 Å². The van der Waals surface area contributed by atoms with Crippen molar-refractivity contribution in [2.45, 2.75) is 25.9 Å². The lowest BCUT2D eigenvalue weighted by Gasteiger charge is -2.15. The first-order valence-corrected chi connectivity index (χ1v) is 8.12. The van der Waals surface area contributed by atoms with Gasteiger partial charge in [0.2, 0.25) is 5.91 Å². The topological polar surface area (TPSA) is 76.7 Å². The molecule has 26 heavy (non-hydrogen) atoms. The van der Waals surface area contributed by atoms with Gasteiger partial charge in [0.25, 0.3) is 5.91 Å². The summed E-state index contributed by atoms with van der Waals surface area (Å²) in [5.41, 5.74) is 5.56. The second-order valence-corrected chi connectivity index (χ2v) is 5.56. The Morgan fingerprint density at radius 2 is 1.77 bits per heavy atom. The third kappa shape index (κ3) is 5.77. The molecule has 138 valence electrons. The number of ether oxygens (including phenoxy) is 2. The molecule has 6 nitrogen and oxygen atoms in total. The van der Waals surface area contributed by atoms with E-state index in [9.17, 15) is 14.0 Å². The minimum absolute atomic E-state index is 0.188. The first-order valence-electron chi connectivity index (χ1n) is 8.12. The Balaban J connectivity index is 1.75. The van der Waals surface area contributed by atoms with Gasteiger partial charge in [-0.15, -0.1) is 0 Å². The highest BCUT2D eigenvalue weighted by atomic mass is 19.1. The number of carbonyl (C=O) groups excluding carboxylic acids is 2. The van der Waals surface area contributed by atoms with Crippen LogP contribution >= 0.6 is 0 Å². The maximum absolute atomic E-state index is 12.8. The number of nitrogens with one attached hydrogen (secondary N) is 2. The van der Waals surface area contributed by atoms with Crippen LogP contribution in [0.25, 0.3) is 0 Å². The van der Waals surface area contributed by atoms with Crippen LogP contribution in [0.5, 0.6) is 11.5 Å². The minimum Gasteiger partial charge on any atom is -0.496 e. The van der Waals surface area contributed by atoms with Crippen molar-refractivity contribution in [3.63, 3.8) is 0 Å². The first-order chi connectivity index (χ1) is 12.5. The zero-order valence-corrected chi connectivity index (χ0v) is 14.6. The number of rotatable bonds is 7. The van der Waals surface area contributed by atoms with E-state index < -0.39 is 17.8 Å². The molecule has 0 aliphatic carbocycles. The average molecular weight is 360 g/mol. The van der Waals surface area contributed by atoms with Crippen LogP contribution in [-0.2, 0) is 16.0 Å². The van der Waals surface area contributed by atoms with E-state index in [1.54, 1.807) is 7.11 Å². The molecular formula is C19H21FN2O4. The fraction of sp³-hybridized carbons (Fsp3) is 0.263. The first kappa shape index (κ1) is 19.2. The molecule has 0 fully saturated rings.